The first-order valence-electron chi connectivity index (χ1n) is 6.71. The summed E-state index contributed by atoms with van der Waals surface area (Å²) in [4.78, 5) is 19.0. The Morgan fingerprint density at radius 2 is 1.89 bits per heavy atom. The second-order valence-electron chi connectivity index (χ2n) is 5.14. The van der Waals surface area contributed by atoms with Crippen LogP contribution in [0, 0.1) is 0 Å². The number of hydrogen-bond donors (Lipinski definition) is 1. The van der Waals surface area contributed by atoms with Crippen LogP contribution in [0.2, 0.25) is 0 Å². The van der Waals surface area contributed by atoms with Crippen molar-refractivity contribution < 1.29 is 0 Å². The molecule has 0 saturated carbocycles. The minimum Gasteiger partial charge on any atom is -0.329 e. The van der Waals surface area contributed by atoms with Crippen LogP contribution in [-0.2, 0) is 12.8 Å². The maximum atomic E-state index is 11.9. The molecule has 0 bridgehead atoms. The molecule has 1 aliphatic rings. The van der Waals surface area contributed by atoms with Crippen molar-refractivity contribution >= 4 is 16.6 Å². The highest BCUT2D eigenvalue weighted by Crippen LogP contribution is 2.26. The van der Waals surface area contributed by atoms with Gasteiger partial charge in [-0.2, -0.15) is 14.6 Å². The number of aromatic amines is 1. The van der Waals surface area contributed by atoms with Gasteiger partial charge in [-0.15, -0.1) is 0 Å². The van der Waals surface area contributed by atoms with Crippen molar-refractivity contribution in [2.24, 2.45) is 0 Å². The number of aromatic nitrogens is 4. The SMILES string of the molecule is O=c1nc2cc3c(cc2c2[nH]cnn12)CCCCC3. The molecule has 2 heterocycles. The molecular weight excluding hydrogens is 240 g/mol. The maximum absolute atomic E-state index is 11.9. The third-order valence-electron chi connectivity index (χ3n) is 3.95. The summed E-state index contributed by atoms with van der Waals surface area (Å²) in [5.41, 5.74) is 3.93. The second-order valence-corrected chi connectivity index (χ2v) is 5.14. The van der Waals surface area contributed by atoms with Gasteiger partial charge in [0.25, 0.3) is 0 Å². The van der Waals surface area contributed by atoms with E-state index in [1.54, 1.807) is 0 Å². The first-order chi connectivity index (χ1) is 9.33. The van der Waals surface area contributed by atoms with Crippen LogP contribution in [0.25, 0.3) is 16.6 Å². The highest BCUT2D eigenvalue weighted by atomic mass is 16.1. The fourth-order valence-electron chi connectivity index (χ4n) is 2.99. The summed E-state index contributed by atoms with van der Waals surface area (Å²) in [5.74, 6) is 0. The largest absolute Gasteiger partial charge is 0.370 e. The maximum Gasteiger partial charge on any atom is 0.370 e. The van der Waals surface area contributed by atoms with E-state index in [1.807, 2.05) is 0 Å². The predicted molar refractivity (Wildman–Crippen MR) is 72.4 cm³/mol. The van der Waals surface area contributed by atoms with E-state index in [0.29, 0.717) is 0 Å². The van der Waals surface area contributed by atoms with Gasteiger partial charge in [0.2, 0.25) is 0 Å². The van der Waals surface area contributed by atoms with Crippen LogP contribution in [-0.4, -0.2) is 19.6 Å². The van der Waals surface area contributed by atoms with Crippen molar-refractivity contribution in [1.82, 2.24) is 19.6 Å². The van der Waals surface area contributed by atoms with Crippen LogP contribution in [0.15, 0.2) is 23.3 Å². The van der Waals surface area contributed by atoms with Crippen LogP contribution in [0.3, 0.4) is 0 Å². The lowest BCUT2D eigenvalue weighted by atomic mass is 10.0. The smallest absolute Gasteiger partial charge is 0.329 e. The summed E-state index contributed by atoms with van der Waals surface area (Å²) in [7, 11) is 0. The molecule has 1 N–H and O–H groups in total. The third-order valence-corrected chi connectivity index (χ3v) is 3.95. The van der Waals surface area contributed by atoms with E-state index >= 15 is 0 Å². The van der Waals surface area contributed by atoms with E-state index in [4.69, 9.17) is 0 Å². The Morgan fingerprint density at radius 1 is 1.11 bits per heavy atom. The van der Waals surface area contributed by atoms with Gasteiger partial charge < -0.3 is 4.98 Å². The quantitative estimate of drug-likeness (QED) is 0.623. The zero-order valence-corrected chi connectivity index (χ0v) is 10.5. The second kappa shape index (κ2) is 3.91. The van der Waals surface area contributed by atoms with Crippen molar-refractivity contribution in [2.75, 3.05) is 0 Å². The number of H-pyrrole nitrogens is 1. The summed E-state index contributed by atoms with van der Waals surface area (Å²) in [6, 6.07) is 4.26. The van der Waals surface area contributed by atoms with Crippen molar-refractivity contribution in [2.45, 2.75) is 32.1 Å². The van der Waals surface area contributed by atoms with Gasteiger partial charge in [-0.05, 0) is 48.9 Å². The highest BCUT2D eigenvalue weighted by molar-refractivity contribution is 5.91. The molecule has 0 saturated heterocycles. The summed E-state index contributed by atoms with van der Waals surface area (Å²) >= 11 is 0. The first-order valence-corrected chi connectivity index (χ1v) is 6.71. The van der Waals surface area contributed by atoms with Crippen molar-refractivity contribution in [1.29, 1.82) is 0 Å². The fraction of sp³-hybridized carbons (Fsp3) is 0.357. The van der Waals surface area contributed by atoms with E-state index < -0.39 is 0 Å². The van der Waals surface area contributed by atoms with Gasteiger partial charge in [0.15, 0.2) is 0 Å². The van der Waals surface area contributed by atoms with E-state index in [9.17, 15) is 4.79 Å². The Kier molecular flexibility index (Phi) is 2.21. The molecule has 0 spiro atoms. The highest BCUT2D eigenvalue weighted by Gasteiger charge is 2.13. The molecule has 4 rings (SSSR count). The van der Waals surface area contributed by atoms with Crippen molar-refractivity contribution in [3.63, 3.8) is 0 Å². The number of nitrogens with one attached hydrogen (secondary N) is 1. The molecular formula is C14H14N4O. The van der Waals surface area contributed by atoms with Gasteiger partial charge in [-0.3, -0.25) is 0 Å². The molecule has 19 heavy (non-hydrogen) atoms. The number of rotatable bonds is 0. The Labute approximate surface area is 109 Å². The number of aryl methyl sites for hydroxylation is 2. The van der Waals surface area contributed by atoms with Crippen LogP contribution < -0.4 is 5.69 Å². The molecule has 0 fully saturated rings. The van der Waals surface area contributed by atoms with Gasteiger partial charge in [0.1, 0.15) is 12.0 Å². The molecule has 1 aliphatic carbocycles. The summed E-state index contributed by atoms with van der Waals surface area (Å²) in [5, 5.41) is 4.97. The Hall–Kier alpha value is -2.17. The van der Waals surface area contributed by atoms with E-state index in [2.05, 4.69) is 27.2 Å². The van der Waals surface area contributed by atoms with Crippen molar-refractivity contribution in [3.8, 4) is 0 Å². The molecule has 1 aromatic carbocycles. The fourth-order valence-corrected chi connectivity index (χ4v) is 2.99. The van der Waals surface area contributed by atoms with E-state index in [1.165, 1.54) is 41.2 Å². The summed E-state index contributed by atoms with van der Waals surface area (Å²) < 4.78 is 1.32. The molecule has 0 radical (unpaired) electrons. The van der Waals surface area contributed by atoms with Gasteiger partial charge in [0.05, 0.1) is 5.52 Å². The lowest BCUT2D eigenvalue weighted by Crippen LogP contribution is -2.17. The molecule has 3 aromatic rings. The van der Waals surface area contributed by atoms with Crippen molar-refractivity contribution in [3.05, 3.63) is 40.1 Å². The first kappa shape index (κ1) is 10.7. The molecule has 0 atom stereocenters. The van der Waals surface area contributed by atoms with Crippen LogP contribution in [0.5, 0.6) is 0 Å². The molecule has 0 amide bonds. The number of hydrogen-bond acceptors (Lipinski definition) is 3. The topological polar surface area (TPSA) is 63.0 Å². The minimum atomic E-state index is -0.322. The zero-order valence-electron chi connectivity index (χ0n) is 10.5. The van der Waals surface area contributed by atoms with Crippen LogP contribution in [0.1, 0.15) is 30.4 Å². The Balaban J connectivity index is 2.11. The monoisotopic (exact) mass is 254 g/mol. The van der Waals surface area contributed by atoms with Crippen LogP contribution in [0.4, 0.5) is 0 Å². The number of fused-ring (bicyclic) bond motifs is 4. The van der Waals surface area contributed by atoms with Gasteiger partial charge in [-0.1, -0.05) is 6.42 Å². The minimum absolute atomic E-state index is 0.322. The average molecular weight is 254 g/mol. The average Bonchev–Trinajstić information content (AvgIpc) is 2.79. The zero-order chi connectivity index (χ0) is 12.8. The Bertz CT molecular complexity index is 830. The normalized spacial score (nSPS) is 15.6. The lowest BCUT2D eigenvalue weighted by molar-refractivity contribution is 0.712. The Morgan fingerprint density at radius 3 is 2.74 bits per heavy atom. The predicted octanol–water partition coefficient (Wildman–Crippen LogP) is 1.84. The van der Waals surface area contributed by atoms with E-state index in [0.717, 1.165) is 29.4 Å². The summed E-state index contributed by atoms with van der Waals surface area (Å²) in [6.45, 7) is 0. The van der Waals surface area contributed by atoms with E-state index in [-0.39, 0.29) is 5.69 Å². The summed E-state index contributed by atoms with van der Waals surface area (Å²) in [6.07, 6.45) is 7.48. The number of nitrogens with zero attached hydrogens (tertiary/aromatic N) is 3. The molecule has 0 aliphatic heterocycles. The molecule has 2 aromatic heterocycles. The molecule has 96 valence electrons. The number of benzene rings is 1. The van der Waals surface area contributed by atoms with Gasteiger partial charge >= 0.3 is 5.69 Å². The lowest BCUT2D eigenvalue weighted by Gasteiger charge is -2.07. The molecule has 5 nitrogen and oxygen atoms in total. The standard InChI is InChI=1S/C14H14N4O/c19-14-17-12-7-10-5-3-1-2-4-9(10)6-11(12)13-15-8-16-18(13)14/h6-8H,1-5H2,(H,15,16). The van der Waals surface area contributed by atoms with Gasteiger partial charge in [-0.25, -0.2) is 4.79 Å². The molecule has 0 unspecified atom stereocenters. The van der Waals surface area contributed by atoms with Crippen LogP contribution >= 0.6 is 0 Å². The molecule has 5 heteroatoms. The third kappa shape index (κ3) is 1.58. The van der Waals surface area contributed by atoms with Gasteiger partial charge in [0, 0.05) is 5.39 Å².